The molecule has 2 N–H and O–H groups in total. The smallest absolute Gasteiger partial charge is 0.239 e. The molecule has 2 heterocycles. The zero-order chi connectivity index (χ0) is 22.5. The molecule has 31 heavy (non-hydrogen) atoms. The molecule has 6 nitrogen and oxygen atoms in total. The fourth-order valence-electron chi connectivity index (χ4n) is 4.14. The molecule has 0 spiro atoms. The molecule has 1 aromatic heterocycles. The molecule has 2 unspecified atom stereocenters. The predicted octanol–water partition coefficient (Wildman–Crippen LogP) is 4.22. The number of hydrogen-bond donors (Lipinski definition) is 2. The van der Waals surface area contributed by atoms with E-state index in [-0.39, 0.29) is 36.3 Å². The number of anilines is 1. The summed E-state index contributed by atoms with van der Waals surface area (Å²) in [7, 11) is 0. The molecule has 7 heteroatoms. The second-order valence-corrected chi connectivity index (χ2v) is 8.49. The van der Waals surface area contributed by atoms with Crippen molar-refractivity contribution in [1.82, 2.24) is 9.88 Å². The van der Waals surface area contributed by atoms with E-state index in [1.807, 2.05) is 32.3 Å². The van der Waals surface area contributed by atoms with Gasteiger partial charge in [0.15, 0.2) is 0 Å². The van der Waals surface area contributed by atoms with Crippen LogP contribution >= 0.6 is 0 Å². The summed E-state index contributed by atoms with van der Waals surface area (Å²) in [5.41, 5.74) is 3.25. The number of aromatic nitrogens is 1. The first-order valence-electron chi connectivity index (χ1n) is 10.8. The molecule has 166 valence electrons. The van der Waals surface area contributed by atoms with Crippen LogP contribution in [0.2, 0.25) is 0 Å². The van der Waals surface area contributed by atoms with Gasteiger partial charge in [0.2, 0.25) is 5.91 Å². The van der Waals surface area contributed by atoms with Crippen molar-refractivity contribution in [3.63, 3.8) is 0 Å². The van der Waals surface area contributed by atoms with E-state index in [9.17, 15) is 14.4 Å². The van der Waals surface area contributed by atoms with Crippen molar-refractivity contribution in [2.24, 2.45) is 5.92 Å². The normalized spacial score (nSPS) is 17.0. The molecular formula is C24H31FN4O2. The number of nitrogens with one attached hydrogen (secondary N) is 2. The van der Waals surface area contributed by atoms with Gasteiger partial charge in [-0.15, -0.1) is 0 Å². The van der Waals surface area contributed by atoms with Gasteiger partial charge in [-0.05, 0) is 55.9 Å². The van der Waals surface area contributed by atoms with Gasteiger partial charge in [-0.3, -0.25) is 4.79 Å². The molecule has 0 aliphatic carbocycles. The van der Waals surface area contributed by atoms with Crippen molar-refractivity contribution in [3.8, 4) is 6.07 Å². The molecule has 0 saturated carbocycles. The average molecular weight is 427 g/mol. The summed E-state index contributed by atoms with van der Waals surface area (Å²) in [6.45, 7) is 9.40. The van der Waals surface area contributed by atoms with Gasteiger partial charge in [-0.25, -0.2) is 4.39 Å². The van der Waals surface area contributed by atoms with E-state index >= 15 is 0 Å². The third-order valence-corrected chi connectivity index (χ3v) is 5.99. The minimum absolute atomic E-state index is 0.0777. The summed E-state index contributed by atoms with van der Waals surface area (Å²) in [6, 6.07) is 8.46. The topological polar surface area (TPSA) is 79.1 Å². The Balaban J connectivity index is 1.73. The van der Waals surface area contributed by atoms with E-state index in [2.05, 4.69) is 16.7 Å². The lowest BCUT2D eigenvalue weighted by atomic mass is 9.96. The summed E-state index contributed by atoms with van der Waals surface area (Å²) in [5.74, 6) is 0.226. The van der Waals surface area contributed by atoms with Crippen LogP contribution in [0.25, 0.3) is 0 Å². The molecule has 1 saturated heterocycles. The third-order valence-electron chi connectivity index (χ3n) is 5.99. The van der Waals surface area contributed by atoms with Gasteiger partial charge in [0.25, 0.3) is 0 Å². The number of halogens is 1. The number of nitrogens with zero attached hydrogens (tertiary/aromatic N) is 2. The fourth-order valence-corrected chi connectivity index (χ4v) is 4.14. The number of carbonyl (C=O) groups excluding carboxylic acids is 1. The largest absolute Gasteiger partial charge is 0.376 e. The minimum atomic E-state index is -0.286. The van der Waals surface area contributed by atoms with Crippen LogP contribution in [0.3, 0.4) is 0 Å². The van der Waals surface area contributed by atoms with Gasteiger partial charge in [-0.1, -0.05) is 26.0 Å². The van der Waals surface area contributed by atoms with Gasteiger partial charge in [0.05, 0.1) is 24.8 Å². The number of rotatable bonds is 8. The van der Waals surface area contributed by atoms with Crippen LogP contribution in [0.15, 0.2) is 24.3 Å². The van der Waals surface area contributed by atoms with Crippen LogP contribution in [0.4, 0.5) is 10.2 Å². The standard InChI is InChI=1S/C24H31FN4O2/c1-15(2)23(18-7-9-19(25)10-8-18)27-13-22(30)28-24-21(12-26)16(3)17(4)29(24)14-20-6-5-11-31-20/h7-10,15,20,23,27H,5-6,11,13-14H2,1-4H3,(H,28,30). The van der Waals surface area contributed by atoms with E-state index in [4.69, 9.17) is 4.74 Å². The van der Waals surface area contributed by atoms with Crippen LogP contribution in [0, 0.1) is 36.9 Å². The van der Waals surface area contributed by atoms with E-state index in [0.29, 0.717) is 17.9 Å². The first-order chi connectivity index (χ1) is 14.8. The highest BCUT2D eigenvalue weighted by Crippen LogP contribution is 2.28. The van der Waals surface area contributed by atoms with Crippen LogP contribution < -0.4 is 10.6 Å². The van der Waals surface area contributed by atoms with Crippen LogP contribution in [-0.4, -0.2) is 29.7 Å². The maximum Gasteiger partial charge on any atom is 0.239 e. The van der Waals surface area contributed by atoms with Crippen molar-refractivity contribution in [2.45, 2.75) is 59.2 Å². The lowest BCUT2D eigenvalue weighted by Crippen LogP contribution is -2.34. The Morgan fingerprint density at radius 3 is 2.61 bits per heavy atom. The van der Waals surface area contributed by atoms with E-state index < -0.39 is 0 Å². The highest BCUT2D eigenvalue weighted by molar-refractivity contribution is 5.93. The third kappa shape index (κ3) is 5.33. The monoisotopic (exact) mass is 426 g/mol. The van der Waals surface area contributed by atoms with Crippen molar-refractivity contribution in [1.29, 1.82) is 5.26 Å². The molecule has 0 bridgehead atoms. The maximum absolute atomic E-state index is 13.3. The summed E-state index contributed by atoms with van der Waals surface area (Å²) >= 11 is 0. The molecule has 0 radical (unpaired) electrons. The summed E-state index contributed by atoms with van der Waals surface area (Å²) in [6.07, 6.45) is 2.09. The number of hydrogen-bond acceptors (Lipinski definition) is 4. The molecule has 1 fully saturated rings. The Hall–Kier alpha value is -2.69. The Morgan fingerprint density at radius 2 is 2.03 bits per heavy atom. The van der Waals surface area contributed by atoms with E-state index in [1.165, 1.54) is 12.1 Å². The maximum atomic E-state index is 13.3. The zero-order valence-electron chi connectivity index (χ0n) is 18.7. The Bertz CT molecular complexity index is 953. The van der Waals surface area contributed by atoms with Crippen LogP contribution in [0.5, 0.6) is 0 Å². The van der Waals surface area contributed by atoms with E-state index in [1.54, 1.807) is 12.1 Å². The van der Waals surface area contributed by atoms with Gasteiger partial charge in [-0.2, -0.15) is 5.26 Å². The highest BCUT2D eigenvalue weighted by Gasteiger charge is 2.24. The highest BCUT2D eigenvalue weighted by atomic mass is 19.1. The molecule has 1 aliphatic heterocycles. The van der Waals surface area contributed by atoms with Crippen molar-refractivity contribution in [2.75, 3.05) is 18.5 Å². The van der Waals surface area contributed by atoms with Gasteiger partial charge in [0, 0.05) is 18.3 Å². The molecule has 1 aromatic carbocycles. The predicted molar refractivity (Wildman–Crippen MR) is 118 cm³/mol. The second kappa shape index (κ2) is 10.1. The van der Waals surface area contributed by atoms with Crippen molar-refractivity contribution < 1.29 is 13.9 Å². The molecule has 3 rings (SSSR count). The van der Waals surface area contributed by atoms with Crippen molar-refractivity contribution >= 4 is 11.7 Å². The Kier molecular flexibility index (Phi) is 7.47. The minimum Gasteiger partial charge on any atom is -0.376 e. The number of nitriles is 1. The molecular weight excluding hydrogens is 395 g/mol. The summed E-state index contributed by atoms with van der Waals surface area (Å²) in [5, 5.41) is 15.9. The number of ether oxygens (including phenoxy) is 1. The number of benzene rings is 1. The fraction of sp³-hybridized carbons (Fsp3) is 0.500. The van der Waals surface area contributed by atoms with Crippen LogP contribution in [0.1, 0.15) is 55.1 Å². The summed E-state index contributed by atoms with van der Waals surface area (Å²) in [4.78, 5) is 12.8. The number of amides is 1. The molecule has 1 aliphatic rings. The molecule has 1 amide bonds. The SMILES string of the molecule is Cc1c(C#N)c(NC(=O)CNC(c2ccc(F)cc2)C(C)C)n(CC2CCCO2)c1C. The first-order valence-corrected chi connectivity index (χ1v) is 10.8. The second-order valence-electron chi connectivity index (χ2n) is 8.49. The van der Waals surface area contributed by atoms with Gasteiger partial charge < -0.3 is 19.9 Å². The zero-order valence-corrected chi connectivity index (χ0v) is 18.7. The first kappa shape index (κ1) is 23.0. The lowest BCUT2D eigenvalue weighted by Gasteiger charge is -2.23. The number of carbonyl (C=O) groups is 1. The van der Waals surface area contributed by atoms with Gasteiger partial charge >= 0.3 is 0 Å². The lowest BCUT2D eigenvalue weighted by molar-refractivity contribution is -0.115. The Labute approximate surface area is 183 Å². The van der Waals surface area contributed by atoms with Crippen molar-refractivity contribution in [3.05, 3.63) is 52.5 Å². The Morgan fingerprint density at radius 1 is 1.32 bits per heavy atom. The van der Waals surface area contributed by atoms with Crippen LogP contribution in [-0.2, 0) is 16.1 Å². The quantitative estimate of drug-likeness (QED) is 0.662. The van der Waals surface area contributed by atoms with E-state index in [0.717, 1.165) is 36.3 Å². The molecule has 2 aromatic rings. The van der Waals surface area contributed by atoms with Gasteiger partial charge in [0.1, 0.15) is 17.7 Å². The average Bonchev–Trinajstić information content (AvgIpc) is 3.32. The molecule has 2 atom stereocenters. The summed E-state index contributed by atoms with van der Waals surface area (Å²) < 4.78 is 21.0.